The zero-order chi connectivity index (χ0) is 34.1. The van der Waals surface area contributed by atoms with E-state index >= 15 is 0 Å². The van der Waals surface area contributed by atoms with E-state index in [9.17, 15) is 87.8 Å². The van der Waals surface area contributed by atoms with Crippen LogP contribution in [0.2, 0.25) is 0 Å². The van der Waals surface area contributed by atoms with Crippen LogP contribution in [0.3, 0.4) is 0 Å². The van der Waals surface area contributed by atoms with E-state index in [-0.39, 0.29) is 12.5 Å². The molecule has 0 aromatic carbocycles. The molecule has 0 saturated carbocycles. The summed E-state index contributed by atoms with van der Waals surface area (Å²) in [4.78, 5) is 0. The van der Waals surface area contributed by atoms with Gasteiger partial charge < -0.3 is 0 Å². The van der Waals surface area contributed by atoms with Crippen LogP contribution in [0.15, 0.2) is 12.2 Å². The van der Waals surface area contributed by atoms with Gasteiger partial charge in [0, 0.05) is 6.42 Å². The molecule has 0 aliphatic rings. The molecule has 20 heteroatoms. The van der Waals surface area contributed by atoms with Crippen molar-refractivity contribution in [1.82, 2.24) is 0 Å². The van der Waals surface area contributed by atoms with Crippen LogP contribution in [0, 0.1) is 0 Å². The van der Waals surface area contributed by atoms with Crippen molar-refractivity contribution in [1.29, 1.82) is 0 Å². The summed E-state index contributed by atoms with van der Waals surface area (Å²) in [6.07, 6.45) is -3.57. The first-order valence-corrected chi connectivity index (χ1v) is 11.8. The van der Waals surface area contributed by atoms with Crippen molar-refractivity contribution < 1.29 is 87.8 Å². The minimum atomic E-state index is -8.99. The maximum atomic E-state index is 13.9. The molecule has 0 aromatic heterocycles. The van der Waals surface area contributed by atoms with Crippen molar-refractivity contribution in [2.45, 2.75) is 124 Å². The Balaban J connectivity index is 6.58. The zero-order valence-electron chi connectivity index (χ0n) is 21.4. The lowest BCUT2D eigenvalue weighted by atomic mass is 9.85. The summed E-state index contributed by atoms with van der Waals surface area (Å²) < 4.78 is 275. The molecule has 0 saturated heterocycles. The number of hydrogen-bond donors (Lipinski definition) is 0. The van der Waals surface area contributed by atoms with E-state index < -0.39 is 84.6 Å². The Hall–Kier alpha value is -1.66. The molecule has 0 unspecified atom stereocenters. The van der Waals surface area contributed by atoms with Crippen molar-refractivity contribution in [3.05, 3.63) is 12.2 Å². The Morgan fingerprint density at radius 2 is 0.667 bits per heavy atom. The summed E-state index contributed by atoms with van der Waals surface area (Å²) in [7, 11) is 0. The monoisotopic (exact) mass is 668 g/mol. The number of alkyl halides is 20. The normalized spacial score (nSPS) is 16.0. The van der Waals surface area contributed by atoms with Crippen LogP contribution in [0.5, 0.6) is 0 Å². The highest BCUT2D eigenvalue weighted by molar-refractivity contribution is 5.20. The molecule has 0 radical (unpaired) electrons. The van der Waals surface area contributed by atoms with Crippen LogP contribution >= 0.6 is 0 Å². The molecule has 0 spiro atoms. The Morgan fingerprint density at radius 3 is 1.00 bits per heavy atom. The zero-order valence-corrected chi connectivity index (χ0v) is 21.4. The lowest BCUT2D eigenvalue weighted by molar-refractivity contribution is -0.467. The summed E-state index contributed by atoms with van der Waals surface area (Å²) in [5.41, 5.74) is 0. The molecule has 0 bridgehead atoms. The molecule has 0 nitrogen and oxygen atoms in total. The fourth-order valence-electron chi connectivity index (χ4n) is 3.40. The highest BCUT2D eigenvalue weighted by atomic mass is 19.4. The van der Waals surface area contributed by atoms with E-state index in [1.807, 2.05) is 0 Å². The van der Waals surface area contributed by atoms with E-state index in [0.29, 0.717) is 32.6 Å². The second-order valence-corrected chi connectivity index (χ2v) is 9.29. The second-order valence-electron chi connectivity index (χ2n) is 9.29. The van der Waals surface area contributed by atoms with Crippen molar-refractivity contribution >= 4 is 0 Å². The standard InChI is InChI=1S/C22H24F20/c1-3-5-6-7-8-9-10-12-14(25,26)16(29,30)18(33,34)20(37,38)22(41,42)21(39,40)19(35,36)17(31,32)15(27,28)13(23,24)11-4-2/h4,11H,3,5-10,12H2,1-2H3/b11-4+. The molecule has 0 aliphatic carbocycles. The minimum Gasteiger partial charge on any atom is -0.200 e. The van der Waals surface area contributed by atoms with Gasteiger partial charge in [0.2, 0.25) is 0 Å². The first kappa shape index (κ1) is 40.3. The Bertz CT molecular complexity index is 902. The van der Waals surface area contributed by atoms with Crippen molar-refractivity contribution in [2.75, 3.05) is 0 Å². The summed E-state index contributed by atoms with van der Waals surface area (Å²) >= 11 is 0. The highest BCUT2D eigenvalue weighted by Gasteiger charge is 2.97. The molecule has 0 rings (SSSR count). The third-order valence-electron chi connectivity index (χ3n) is 6.11. The second kappa shape index (κ2) is 12.4. The third kappa shape index (κ3) is 6.14. The van der Waals surface area contributed by atoms with Gasteiger partial charge in [0.25, 0.3) is 0 Å². The van der Waals surface area contributed by atoms with E-state index in [2.05, 4.69) is 0 Å². The molecular formula is C22H24F20. The Kier molecular flexibility index (Phi) is 11.9. The maximum absolute atomic E-state index is 13.9. The maximum Gasteiger partial charge on any atom is 0.385 e. The van der Waals surface area contributed by atoms with Gasteiger partial charge in [-0.3, -0.25) is 0 Å². The van der Waals surface area contributed by atoms with Crippen LogP contribution in [0.25, 0.3) is 0 Å². The smallest absolute Gasteiger partial charge is 0.200 e. The summed E-state index contributed by atoms with van der Waals surface area (Å²) in [6.45, 7) is 2.10. The van der Waals surface area contributed by atoms with Crippen LogP contribution in [0.1, 0.15) is 65.2 Å². The average Bonchev–Trinajstić information content (AvgIpc) is 2.82. The first-order valence-electron chi connectivity index (χ1n) is 11.8. The fourth-order valence-corrected chi connectivity index (χ4v) is 3.40. The molecular weight excluding hydrogens is 644 g/mol. The highest BCUT2D eigenvalue weighted by Crippen LogP contribution is 2.66. The summed E-state index contributed by atoms with van der Waals surface area (Å²) in [5, 5.41) is 0. The predicted octanol–water partition coefficient (Wildman–Crippen LogP) is 11.1. The SMILES string of the molecule is C/C=C/C(F)(F)C(F)(F)C(F)(F)C(F)(F)C(F)(F)C(F)(F)C(F)(F)C(F)(F)C(F)(F)C(F)(F)CCCCCCCCC. The molecule has 0 atom stereocenters. The Labute approximate surface area is 225 Å². The first-order chi connectivity index (χ1) is 18.4. The third-order valence-corrected chi connectivity index (χ3v) is 6.11. The van der Waals surface area contributed by atoms with Gasteiger partial charge in [0.1, 0.15) is 0 Å². The van der Waals surface area contributed by atoms with Gasteiger partial charge in [-0.15, -0.1) is 0 Å². The lowest BCUT2D eigenvalue weighted by Gasteiger charge is -2.45. The molecule has 0 amide bonds. The van der Waals surface area contributed by atoms with E-state index in [1.165, 1.54) is 0 Å². The van der Waals surface area contributed by atoms with Gasteiger partial charge in [0.15, 0.2) is 0 Å². The molecule has 0 heterocycles. The van der Waals surface area contributed by atoms with E-state index in [1.54, 1.807) is 6.92 Å². The number of hydrogen-bond acceptors (Lipinski definition) is 0. The largest absolute Gasteiger partial charge is 0.385 e. The average molecular weight is 668 g/mol. The molecule has 252 valence electrons. The van der Waals surface area contributed by atoms with Gasteiger partial charge in [-0.1, -0.05) is 51.5 Å². The molecule has 42 heavy (non-hydrogen) atoms. The van der Waals surface area contributed by atoms with Gasteiger partial charge >= 0.3 is 59.2 Å². The number of halogens is 20. The summed E-state index contributed by atoms with van der Waals surface area (Å²) in [6, 6.07) is 0. The van der Waals surface area contributed by atoms with E-state index in [0.717, 1.165) is 0 Å². The number of allylic oxidation sites excluding steroid dienone is 2. The topological polar surface area (TPSA) is 0 Å². The minimum absolute atomic E-state index is 0.000477. The van der Waals surface area contributed by atoms with Gasteiger partial charge in [-0.25, -0.2) is 0 Å². The molecule has 0 aliphatic heterocycles. The van der Waals surface area contributed by atoms with Crippen molar-refractivity contribution in [2.24, 2.45) is 0 Å². The van der Waals surface area contributed by atoms with Gasteiger partial charge in [0.05, 0.1) is 0 Å². The van der Waals surface area contributed by atoms with E-state index in [4.69, 9.17) is 0 Å². The van der Waals surface area contributed by atoms with Crippen LogP contribution < -0.4 is 0 Å². The molecule has 0 N–H and O–H groups in total. The summed E-state index contributed by atoms with van der Waals surface area (Å²) in [5.74, 6) is -81.3. The van der Waals surface area contributed by atoms with Gasteiger partial charge in [-0.05, 0) is 19.4 Å². The van der Waals surface area contributed by atoms with Crippen LogP contribution in [0.4, 0.5) is 87.8 Å². The number of unbranched alkanes of at least 4 members (excludes halogenated alkanes) is 6. The predicted molar refractivity (Wildman–Crippen MR) is 107 cm³/mol. The lowest BCUT2D eigenvalue weighted by Crippen LogP contribution is -2.76. The molecule has 0 aromatic rings. The van der Waals surface area contributed by atoms with Crippen LogP contribution in [-0.2, 0) is 0 Å². The fraction of sp³-hybridized carbons (Fsp3) is 0.909. The molecule has 0 fully saturated rings. The van der Waals surface area contributed by atoms with Gasteiger partial charge in [-0.2, -0.15) is 87.8 Å². The van der Waals surface area contributed by atoms with Crippen molar-refractivity contribution in [3.8, 4) is 0 Å². The van der Waals surface area contributed by atoms with Crippen LogP contribution in [-0.4, -0.2) is 59.2 Å². The number of rotatable bonds is 18. The quantitative estimate of drug-likeness (QED) is 0.0775. The Morgan fingerprint density at radius 1 is 0.381 bits per heavy atom. The van der Waals surface area contributed by atoms with Crippen molar-refractivity contribution in [3.63, 3.8) is 0 Å².